The first-order valence-electron chi connectivity index (χ1n) is 7.72. The summed E-state index contributed by atoms with van der Waals surface area (Å²) in [6, 6.07) is 5.29. The summed E-state index contributed by atoms with van der Waals surface area (Å²) in [5, 5.41) is 2.17. The average molecular weight is 429 g/mol. The van der Waals surface area contributed by atoms with Crippen molar-refractivity contribution >= 4 is 32.0 Å². The van der Waals surface area contributed by atoms with E-state index >= 15 is 0 Å². The molecule has 2 rings (SSSR count). The molecule has 0 aliphatic heterocycles. The number of aromatic nitrogens is 2. The number of methoxy groups -OCH3 is 1. The monoisotopic (exact) mass is 429 g/mol. The van der Waals surface area contributed by atoms with Crippen LogP contribution >= 0.6 is 0 Å². The molecular formula is C15H19N5O6S2. The van der Waals surface area contributed by atoms with Crippen LogP contribution < -0.4 is 14.8 Å². The highest BCUT2D eigenvalue weighted by Crippen LogP contribution is 2.22. The molecule has 1 aromatic carbocycles. The number of urea groups is 1. The molecule has 0 atom stereocenters. The van der Waals surface area contributed by atoms with Gasteiger partial charge in [-0.1, -0.05) is 12.1 Å². The van der Waals surface area contributed by atoms with E-state index in [9.17, 15) is 21.6 Å². The molecule has 0 spiro atoms. The van der Waals surface area contributed by atoms with Gasteiger partial charge in [0.25, 0.3) is 10.0 Å². The van der Waals surface area contributed by atoms with Crippen molar-refractivity contribution in [1.82, 2.24) is 19.0 Å². The maximum absolute atomic E-state index is 12.6. The van der Waals surface area contributed by atoms with Crippen molar-refractivity contribution in [2.45, 2.75) is 16.7 Å². The summed E-state index contributed by atoms with van der Waals surface area (Å²) in [4.78, 5) is 18.9. The van der Waals surface area contributed by atoms with E-state index in [-0.39, 0.29) is 11.8 Å². The van der Waals surface area contributed by atoms with E-state index < -0.39 is 35.9 Å². The maximum atomic E-state index is 12.6. The summed E-state index contributed by atoms with van der Waals surface area (Å²) in [6.45, 7) is 1.63. The zero-order valence-corrected chi connectivity index (χ0v) is 17.1. The Bertz CT molecular complexity index is 1100. The molecule has 11 nitrogen and oxygen atoms in total. The molecule has 0 unspecified atom stereocenters. The molecule has 2 N–H and O–H groups in total. The third-order valence-electron chi connectivity index (χ3n) is 3.39. The number of amides is 2. The van der Waals surface area contributed by atoms with Gasteiger partial charge in [0, 0.05) is 25.9 Å². The summed E-state index contributed by atoms with van der Waals surface area (Å²) >= 11 is 0. The van der Waals surface area contributed by atoms with Crippen LogP contribution in [0.2, 0.25) is 0 Å². The van der Waals surface area contributed by atoms with Crippen LogP contribution in [0.25, 0.3) is 0 Å². The van der Waals surface area contributed by atoms with E-state index in [0.29, 0.717) is 5.69 Å². The van der Waals surface area contributed by atoms with Gasteiger partial charge in [-0.05, 0) is 19.1 Å². The van der Waals surface area contributed by atoms with Crippen LogP contribution in [0.3, 0.4) is 0 Å². The van der Waals surface area contributed by atoms with Gasteiger partial charge in [-0.3, -0.25) is 5.32 Å². The van der Waals surface area contributed by atoms with Gasteiger partial charge in [-0.15, -0.1) is 0 Å². The molecule has 0 radical (unpaired) electrons. The molecule has 0 fully saturated rings. The molecule has 0 aliphatic rings. The average Bonchev–Trinajstić information content (AvgIpc) is 2.60. The fraction of sp³-hybridized carbons (Fsp3) is 0.267. The number of aryl methyl sites for hydroxylation is 1. The van der Waals surface area contributed by atoms with Crippen molar-refractivity contribution in [3.63, 3.8) is 0 Å². The zero-order valence-electron chi connectivity index (χ0n) is 15.5. The second kappa shape index (κ2) is 8.08. The molecular weight excluding hydrogens is 410 g/mol. The lowest BCUT2D eigenvalue weighted by atomic mass is 10.4. The molecule has 0 saturated carbocycles. The van der Waals surface area contributed by atoms with E-state index in [0.717, 1.165) is 16.4 Å². The van der Waals surface area contributed by atoms with Gasteiger partial charge < -0.3 is 4.74 Å². The number of hydrogen-bond acceptors (Lipinski definition) is 8. The SMILES string of the molecule is COc1cc(C)nc(NC(=O)NS(=O)(=O)c2ccccc2S(=O)(=O)N(C)C)n1. The zero-order chi connectivity index (χ0) is 21.1. The first kappa shape index (κ1) is 21.5. The summed E-state index contributed by atoms with van der Waals surface area (Å²) in [6.07, 6.45) is 0. The highest BCUT2D eigenvalue weighted by atomic mass is 32.2. The van der Waals surface area contributed by atoms with Crippen LogP contribution in [0, 0.1) is 6.92 Å². The predicted octanol–water partition coefficient (Wildman–Crippen LogP) is 0.554. The quantitative estimate of drug-likeness (QED) is 0.677. The Morgan fingerprint density at radius 1 is 1.07 bits per heavy atom. The largest absolute Gasteiger partial charge is 0.481 e. The molecule has 0 saturated heterocycles. The lowest BCUT2D eigenvalue weighted by Crippen LogP contribution is -2.36. The number of sulfonamides is 2. The Kier molecular flexibility index (Phi) is 6.21. The predicted molar refractivity (Wildman–Crippen MR) is 100.0 cm³/mol. The molecule has 1 heterocycles. The van der Waals surface area contributed by atoms with Crippen LogP contribution in [0.15, 0.2) is 40.1 Å². The third kappa shape index (κ3) is 4.74. The van der Waals surface area contributed by atoms with E-state index in [4.69, 9.17) is 4.74 Å². The number of carbonyl (C=O) groups is 1. The van der Waals surface area contributed by atoms with Gasteiger partial charge in [-0.2, -0.15) is 4.98 Å². The summed E-state index contributed by atoms with van der Waals surface area (Å²) in [5.41, 5.74) is 0.479. The minimum absolute atomic E-state index is 0.174. The molecule has 2 amide bonds. The number of nitrogens with one attached hydrogen (secondary N) is 2. The lowest BCUT2D eigenvalue weighted by molar-refractivity contribution is 0.256. The van der Waals surface area contributed by atoms with Gasteiger partial charge in [0.1, 0.15) is 9.79 Å². The summed E-state index contributed by atoms with van der Waals surface area (Å²) in [5.74, 6) is -0.00757. The van der Waals surface area contributed by atoms with Gasteiger partial charge in [0.2, 0.25) is 21.9 Å². The second-order valence-electron chi connectivity index (χ2n) is 5.67. The highest BCUT2D eigenvalue weighted by molar-refractivity contribution is 7.92. The van der Waals surface area contributed by atoms with E-state index in [1.165, 1.54) is 39.4 Å². The fourth-order valence-electron chi connectivity index (χ4n) is 2.09. The number of rotatable bonds is 6. The smallest absolute Gasteiger partial charge is 0.335 e. The van der Waals surface area contributed by atoms with E-state index in [1.54, 1.807) is 11.6 Å². The Morgan fingerprint density at radius 3 is 2.25 bits per heavy atom. The minimum Gasteiger partial charge on any atom is -0.481 e. The Hall–Kier alpha value is -2.77. The molecule has 0 bridgehead atoms. The second-order valence-corrected chi connectivity index (χ2v) is 9.44. The molecule has 2 aromatic rings. The Labute approximate surface area is 162 Å². The standard InChI is InChI=1S/C15H19N5O6S2/c1-10-9-13(26-4)17-14(16-10)18-15(21)19-27(22,23)11-7-5-6-8-12(11)28(24,25)20(2)3/h5-9H,1-4H3,(H2,16,17,18,19,21). The molecule has 0 aliphatic carbocycles. The number of nitrogens with zero attached hydrogens (tertiary/aromatic N) is 3. The van der Waals surface area contributed by atoms with Crippen LogP contribution in [-0.2, 0) is 20.0 Å². The van der Waals surface area contributed by atoms with Crippen LogP contribution in [0.4, 0.5) is 10.7 Å². The molecule has 1 aromatic heterocycles. The minimum atomic E-state index is -4.51. The van der Waals surface area contributed by atoms with Crippen molar-refractivity contribution in [3.05, 3.63) is 36.0 Å². The van der Waals surface area contributed by atoms with Crippen molar-refractivity contribution < 1.29 is 26.4 Å². The first-order chi connectivity index (χ1) is 13.0. The topological polar surface area (TPSA) is 148 Å². The van der Waals surface area contributed by atoms with Crippen molar-refractivity contribution in [1.29, 1.82) is 0 Å². The number of benzene rings is 1. The number of carbonyl (C=O) groups excluding carboxylic acids is 1. The maximum Gasteiger partial charge on any atom is 0.335 e. The van der Waals surface area contributed by atoms with Crippen LogP contribution in [0.1, 0.15) is 5.69 Å². The van der Waals surface area contributed by atoms with E-state index in [1.807, 2.05) is 0 Å². The van der Waals surface area contributed by atoms with Crippen molar-refractivity contribution in [2.24, 2.45) is 0 Å². The van der Waals surface area contributed by atoms with E-state index in [2.05, 4.69) is 15.3 Å². The summed E-state index contributed by atoms with van der Waals surface area (Å²) in [7, 11) is -4.66. The van der Waals surface area contributed by atoms with Crippen LogP contribution in [-0.4, -0.2) is 58.3 Å². The normalized spacial score (nSPS) is 11.9. The van der Waals surface area contributed by atoms with Gasteiger partial charge in [0.05, 0.1) is 7.11 Å². The van der Waals surface area contributed by atoms with Crippen molar-refractivity contribution in [2.75, 3.05) is 26.5 Å². The number of ether oxygens (including phenoxy) is 1. The lowest BCUT2D eigenvalue weighted by Gasteiger charge is -2.15. The van der Waals surface area contributed by atoms with Gasteiger partial charge >= 0.3 is 6.03 Å². The summed E-state index contributed by atoms with van der Waals surface area (Å²) < 4.78 is 57.5. The Balaban J connectivity index is 2.32. The highest BCUT2D eigenvalue weighted by Gasteiger charge is 2.29. The Morgan fingerprint density at radius 2 is 1.68 bits per heavy atom. The fourth-order valence-corrected chi connectivity index (χ4v) is 4.69. The van der Waals surface area contributed by atoms with Crippen molar-refractivity contribution in [3.8, 4) is 5.88 Å². The first-order valence-corrected chi connectivity index (χ1v) is 10.6. The van der Waals surface area contributed by atoms with Gasteiger partial charge in [-0.25, -0.2) is 35.6 Å². The molecule has 152 valence electrons. The number of anilines is 1. The molecule has 28 heavy (non-hydrogen) atoms. The number of hydrogen-bond donors (Lipinski definition) is 2. The van der Waals surface area contributed by atoms with Crippen LogP contribution in [0.5, 0.6) is 5.88 Å². The molecule has 13 heteroatoms. The third-order valence-corrected chi connectivity index (χ3v) is 6.78. The van der Waals surface area contributed by atoms with Gasteiger partial charge in [0.15, 0.2) is 0 Å².